The van der Waals surface area contributed by atoms with Gasteiger partial charge in [-0.3, -0.25) is 4.79 Å². The predicted molar refractivity (Wildman–Crippen MR) is 76.4 cm³/mol. The van der Waals surface area contributed by atoms with E-state index in [1.807, 2.05) is 0 Å². The Morgan fingerprint density at radius 2 is 2.11 bits per heavy atom. The average molecular weight is 261 g/mol. The molecule has 2 aliphatic rings. The Morgan fingerprint density at radius 3 is 2.79 bits per heavy atom. The van der Waals surface area contributed by atoms with Gasteiger partial charge in [-0.25, -0.2) is 0 Å². The van der Waals surface area contributed by atoms with Crippen LogP contribution in [0.15, 0.2) is 36.1 Å². The number of nitrogens with one attached hydrogen (secondary N) is 1. The fourth-order valence-electron chi connectivity index (χ4n) is 2.86. The molecule has 0 bridgehead atoms. The van der Waals surface area contributed by atoms with Gasteiger partial charge in [-0.15, -0.1) is 0 Å². The van der Waals surface area contributed by atoms with Gasteiger partial charge in [0, 0.05) is 5.92 Å². The first-order chi connectivity index (χ1) is 9.13. The van der Waals surface area contributed by atoms with Gasteiger partial charge < -0.3 is 10.1 Å². The molecule has 0 fully saturated rings. The van der Waals surface area contributed by atoms with Crippen LogP contribution >= 0.6 is 0 Å². The molecule has 0 saturated heterocycles. The molecule has 0 aromatic rings. The minimum Gasteiger partial charge on any atom is -0.469 e. The van der Waals surface area contributed by atoms with E-state index in [2.05, 4.69) is 49.7 Å². The molecule has 0 saturated carbocycles. The van der Waals surface area contributed by atoms with Crippen molar-refractivity contribution in [3.8, 4) is 0 Å². The second-order valence-corrected chi connectivity index (χ2v) is 5.62. The maximum Gasteiger partial charge on any atom is 0.308 e. The number of esters is 1. The minimum atomic E-state index is -0.0859. The predicted octanol–water partition coefficient (Wildman–Crippen LogP) is 2.81. The highest BCUT2D eigenvalue weighted by Gasteiger charge is 2.29. The van der Waals surface area contributed by atoms with Crippen molar-refractivity contribution in [3.63, 3.8) is 0 Å². The Balaban J connectivity index is 1.93. The maximum atomic E-state index is 11.8. The molecular formula is C16H23NO2. The number of carbonyl (C=O) groups is 1. The van der Waals surface area contributed by atoms with E-state index < -0.39 is 0 Å². The highest BCUT2D eigenvalue weighted by molar-refractivity contribution is 5.72. The van der Waals surface area contributed by atoms with Crippen molar-refractivity contribution in [3.05, 3.63) is 36.1 Å². The second-order valence-electron chi connectivity index (χ2n) is 5.62. The highest BCUT2D eigenvalue weighted by Crippen LogP contribution is 2.31. The standard InChI is InChI=1S/C16H23NO2/c1-11(2)13(16(18)19-3)9-8-12-10-17-15-7-5-4-6-14(12)15/h4-7,10-11,13-15,17H,8-9H2,1-3H3/t13-,14?,15?/m1/s1. The molecule has 1 N–H and O–H groups in total. The first kappa shape index (κ1) is 13.9. The van der Waals surface area contributed by atoms with Crippen LogP contribution in [-0.4, -0.2) is 19.1 Å². The van der Waals surface area contributed by atoms with Gasteiger partial charge >= 0.3 is 5.97 Å². The molecule has 2 unspecified atom stereocenters. The number of hydrogen-bond acceptors (Lipinski definition) is 3. The summed E-state index contributed by atoms with van der Waals surface area (Å²) in [5, 5.41) is 3.39. The Labute approximate surface area is 115 Å². The van der Waals surface area contributed by atoms with Crippen LogP contribution < -0.4 is 5.32 Å². The number of ether oxygens (including phenoxy) is 1. The summed E-state index contributed by atoms with van der Waals surface area (Å²) >= 11 is 0. The first-order valence-electron chi connectivity index (χ1n) is 7.01. The Morgan fingerprint density at radius 1 is 1.37 bits per heavy atom. The zero-order valence-corrected chi connectivity index (χ0v) is 11.9. The van der Waals surface area contributed by atoms with E-state index >= 15 is 0 Å². The topological polar surface area (TPSA) is 38.3 Å². The van der Waals surface area contributed by atoms with Crippen LogP contribution in [0.3, 0.4) is 0 Å². The molecule has 1 aliphatic carbocycles. The molecule has 1 heterocycles. The molecule has 0 spiro atoms. The van der Waals surface area contributed by atoms with Gasteiger partial charge in [-0.05, 0) is 30.5 Å². The van der Waals surface area contributed by atoms with Crippen molar-refractivity contribution in [1.29, 1.82) is 0 Å². The summed E-state index contributed by atoms with van der Waals surface area (Å²) in [6.45, 7) is 4.16. The molecule has 0 aromatic heterocycles. The summed E-state index contributed by atoms with van der Waals surface area (Å²) in [6.07, 6.45) is 12.5. The zero-order chi connectivity index (χ0) is 13.8. The Kier molecular flexibility index (Phi) is 4.46. The summed E-state index contributed by atoms with van der Waals surface area (Å²) in [6, 6.07) is 0.399. The molecule has 2 rings (SSSR count). The monoisotopic (exact) mass is 261 g/mol. The summed E-state index contributed by atoms with van der Waals surface area (Å²) in [7, 11) is 1.47. The average Bonchev–Trinajstić information content (AvgIpc) is 2.82. The van der Waals surface area contributed by atoms with Crippen molar-refractivity contribution in [1.82, 2.24) is 5.32 Å². The maximum absolute atomic E-state index is 11.8. The largest absolute Gasteiger partial charge is 0.469 e. The fraction of sp³-hybridized carbons (Fsp3) is 0.562. The van der Waals surface area contributed by atoms with Crippen molar-refractivity contribution < 1.29 is 9.53 Å². The molecule has 104 valence electrons. The van der Waals surface area contributed by atoms with E-state index in [-0.39, 0.29) is 11.9 Å². The third-order valence-electron chi connectivity index (χ3n) is 4.08. The normalized spacial score (nSPS) is 25.8. The van der Waals surface area contributed by atoms with E-state index in [1.54, 1.807) is 0 Å². The molecule has 3 heteroatoms. The van der Waals surface area contributed by atoms with E-state index in [4.69, 9.17) is 4.74 Å². The number of methoxy groups -OCH3 is 1. The van der Waals surface area contributed by atoms with Crippen LogP contribution in [0.25, 0.3) is 0 Å². The highest BCUT2D eigenvalue weighted by atomic mass is 16.5. The molecule has 0 amide bonds. The third-order valence-corrected chi connectivity index (χ3v) is 4.08. The molecule has 0 radical (unpaired) electrons. The molecule has 3 nitrogen and oxygen atoms in total. The number of allylic oxidation sites excluding steroid dienone is 2. The Hall–Kier alpha value is -1.51. The van der Waals surface area contributed by atoms with Gasteiger partial charge in [0.1, 0.15) is 0 Å². The van der Waals surface area contributed by atoms with E-state index in [0.29, 0.717) is 17.9 Å². The number of hydrogen-bond donors (Lipinski definition) is 1. The molecule has 19 heavy (non-hydrogen) atoms. The van der Waals surface area contributed by atoms with E-state index in [9.17, 15) is 4.79 Å². The lowest BCUT2D eigenvalue weighted by Crippen LogP contribution is -2.25. The van der Waals surface area contributed by atoms with Crippen LogP contribution in [0.4, 0.5) is 0 Å². The molecular weight excluding hydrogens is 238 g/mol. The second kappa shape index (κ2) is 6.09. The minimum absolute atomic E-state index is 0.00642. The lowest BCUT2D eigenvalue weighted by molar-refractivity contribution is -0.147. The van der Waals surface area contributed by atoms with Crippen LogP contribution in [0.1, 0.15) is 26.7 Å². The lowest BCUT2D eigenvalue weighted by Gasteiger charge is -2.21. The van der Waals surface area contributed by atoms with Crippen LogP contribution in [-0.2, 0) is 9.53 Å². The number of fused-ring (bicyclic) bond motifs is 1. The summed E-state index contributed by atoms with van der Waals surface area (Å²) in [4.78, 5) is 11.8. The van der Waals surface area contributed by atoms with E-state index in [1.165, 1.54) is 12.7 Å². The number of carbonyl (C=O) groups excluding carboxylic acids is 1. The van der Waals surface area contributed by atoms with Crippen LogP contribution in [0.2, 0.25) is 0 Å². The van der Waals surface area contributed by atoms with Crippen molar-refractivity contribution in [2.45, 2.75) is 32.7 Å². The summed E-state index contributed by atoms with van der Waals surface area (Å²) in [5.74, 6) is 0.681. The third kappa shape index (κ3) is 3.09. The van der Waals surface area contributed by atoms with Crippen LogP contribution in [0, 0.1) is 17.8 Å². The quantitative estimate of drug-likeness (QED) is 0.773. The Bertz CT molecular complexity index is 420. The zero-order valence-electron chi connectivity index (χ0n) is 11.9. The van der Waals surface area contributed by atoms with Crippen LogP contribution in [0.5, 0.6) is 0 Å². The van der Waals surface area contributed by atoms with Gasteiger partial charge in [0.25, 0.3) is 0 Å². The first-order valence-corrected chi connectivity index (χ1v) is 7.01. The summed E-state index contributed by atoms with van der Waals surface area (Å²) < 4.78 is 4.90. The van der Waals surface area contributed by atoms with Gasteiger partial charge in [0.05, 0.1) is 19.1 Å². The molecule has 1 aliphatic heterocycles. The van der Waals surface area contributed by atoms with Gasteiger partial charge in [0.2, 0.25) is 0 Å². The van der Waals surface area contributed by atoms with Crippen molar-refractivity contribution in [2.24, 2.45) is 17.8 Å². The summed E-state index contributed by atoms with van der Waals surface area (Å²) in [5.41, 5.74) is 1.39. The smallest absolute Gasteiger partial charge is 0.308 e. The van der Waals surface area contributed by atoms with Crippen molar-refractivity contribution >= 4 is 5.97 Å². The fourth-order valence-corrected chi connectivity index (χ4v) is 2.86. The molecule has 0 aromatic carbocycles. The van der Waals surface area contributed by atoms with Gasteiger partial charge in [-0.1, -0.05) is 38.2 Å². The lowest BCUT2D eigenvalue weighted by atomic mass is 9.84. The van der Waals surface area contributed by atoms with Crippen molar-refractivity contribution in [2.75, 3.05) is 7.11 Å². The van der Waals surface area contributed by atoms with E-state index in [0.717, 1.165) is 12.8 Å². The van der Waals surface area contributed by atoms with Gasteiger partial charge in [0.15, 0.2) is 0 Å². The number of rotatable bonds is 5. The molecule has 3 atom stereocenters. The van der Waals surface area contributed by atoms with Gasteiger partial charge in [-0.2, -0.15) is 0 Å². The SMILES string of the molecule is COC(=O)[C@H](CCC1=CNC2C=CC=CC12)C(C)C.